The van der Waals surface area contributed by atoms with Crippen molar-refractivity contribution in [3.05, 3.63) is 58.4 Å². The van der Waals surface area contributed by atoms with Crippen LogP contribution in [0.2, 0.25) is 0 Å². The fourth-order valence-corrected chi connectivity index (χ4v) is 3.83. The molecule has 6 nitrogen and oxygen atoms in total. The van der Waals surface area contributed by atoms with Gasteiger partial charge in [0, 0.05) is 48.9 Å². The van der Waals surface area contributed by atoms with Crippen LogP contribution in [0.3, 0.4) is 0 Å². The molecule has 0 unspecified atom stereocenters. The standard InChI is InChI=1S/C20H19F2N5O/c21-15-1-2-16(18(22)9-15)17(10-23)13-3-6-26(7-4-13)20(28)27-8-5-19-14(12-27)11-24-25-19/h1-2,9,11H,3-8,12H2,(H,24,25). The van der Waals surface area contributed by atoms with Crippen LogP contribution in [0.1, 0.15) is 29.7 Å². The van der Waals surface area contributed by atoms with Gasteiger partial charge in [-0.25, -0.2) is 13.6 Å². The van der Waals surface area contributed by atoms with E-state index >= 15 is 0 Å². The van der Waals surface area contributed by atoms with Crippen molar-refractivity contribution in [2.45, 2.75) is 25.8 Å². The highest BCUT2D eigenvalue weighted by Crippen LogP contribution is 2.29. The first-order valence-electron chi connectivity index (χ1n) is 9.19. The molecule has 1 aromatic carbocycles. The number of rotatable bonds is 1. The monoisotopic (exact) mass is 383 g/mol. The van der Waals surface area contributed by atoms with Crippen LogP contribution in [0.4, 0.5) is 13.6 Å². The van der Waals surface area contributed by atoms with Gasteiger partial charge in [0.25, 0.3) is 0 Å². The molecule has 1 fully saturated rings. The van der Waals surface area contributed by atoms with E-state index in [2.05, 4.69) is 16.3 Å². The molecule has 1 aromatic heterocycles. The second-order valence-corrected chi connectivity index (χ2v) is 7.03. The molecule has 4 rings (SSSR count). The third kappa shape index (κ3) is 3.36. The number of nitriles is 1. The maximum Gasteiger partial charge on any atom is 0.320 e. The number of hydrogen-bond donors (Lipinski definition) is 1. The van der Waals surface area contributed by atoms with Crippen LogP contribution in [0.15, 0.2) is 30.0 Å². The molecular weight excluding hydrogens is 364 g/mol. The fraction of sp³-hybridized carbons (Fsp3) is 0.350. The fourth-order valence-electron chi connectivity index (χ4n) is 3.83. The molecule has 28 heavy (non-hydrogen) atoms. The molecule has 1 N–H and O–H groups in total. The minimum Gasteiger partial charge on any atom is -0.324 e. The number of carbonyl (C=O) groups excluding carboxylic acids is 1. The summed E-state index contributed by atoms with van der Waals surface area (Å²) in [7, 11) is 0. The van der Waals surface area contributed by atoms with Crippen molar-refractivity contribution in [3.8, 4) is 6.07 Å². The van der Waals surface area contributed by atoms with Crippen LogP contribution >= 0.6 is 0 Å². The second kappa shape index (κ2) is 7.43. The average Bonchev–Trinajstić information content (AvgIpc) is 3.18. The van der Waals surface area contributed by atoms with Crippen LogP contribution in [-0.2, 0) is 13.0 Å². The van der Waals surface area contributed by atoms with E-state index in [1.807, 2.05) is 0 Å². The number of H-pyrrole nitrogens is 1. The summed E-state index contributed by atoms with van der Waals surface area (Å²) in [5.41, 5.74) is 3.27. The van der Waals surface area contributed by atoms with Gasteiger partial charge >= 0.3 is 6.03 Å². The second-order valence-electron chi connectivity index (χ2n) is 7.03. The molecule has 2 aliphatic heterocycles. The number of aromatic nitrogens is 2. The summed E-state index contributed by atoms with van der Waals surface area (Å²) in [5, 5.41) is 16.5. The van der Waals surface area contributed by atoms with Gasteiger partial charge in [-0.1, -0.05) is 0 Å². The third-order valence-corrected chi connectivity index (χ3v) is 5.37. The Morgan fingerprint density at radius 1 is 1.14 bits per heavy atom. The summed E-state index contributed by atoms with van der Waals surface area (Å²) < 4.78 is 27.2. The van der Waals surface area contributed by atoms with Crippen molar-refractivity contribution in [1.29, 1.82) is 5.26 Å². The Labute approximate surface area is 161 Å². The highest BCUT2D eigenvalue weighted by molar-refractivity contribution is 5.80. The lowest BCUT2D eigenvalue weighted by atomic mass is 9.93. The molecule has 0 atom stereocenters. The molecule has 8 heteroatoms. The molecule has 3 heterocycles. The van der Waals surface area contributed by atoms with Crippen LogP contribution in [-0.4, -0.2) is 45.7 Å². The molecule has 0 bridgehead atoms. The molecule has 2 aliphatic rings. The number of allylic oxidation sites excluding steroid dienone is 1. The molecule has 1 saturated heterocycles. The summed E-state index contributed by atoms with van der Waals surface area (Å²) in [6.07, 6.45) is 3.50. The maximum absolute atomic E-state index is 14.1. The first-order chi connectivity index (χ1) is 13.6. The Bertz CT molecular complexity index is 981. The molecule has 0 aliphatic carbocycles. The zero-order chi connectivity index (χ0) is 19.7. The van der Waals surface area contributed by atoms with Gasteiger partial charge in [0.1, 0.15) is 11.6 Å². The lowest BCUT2D eigenvalue weighted by Gasteiger charge is -2.35. The largest absolute Gasteiger partial charge is 0.324 e. The number of fused-ring (bicyclic) bond motifs is 1. The normalized spacial score (nSPS) is 16.5. The maximum atomic E-state index is 14.1. The Morgan fingerprint density at radius 3 is 2.61 bits per heavy atom. The number of carbonyl (C=O) groups is 1. The number of hydrogen-bond acceptors (Lipinski definition) is 3. The Hall–Kier alpha value is -3.21. The number of piperidine rings is 1. The van der Waals surface area contributed by atoms with E-state index in [-0.39, 0.29) is 17.2 Å². The van der Waals surface area contributed by atoms with Crippen molar-refractivity contribution in [3.63, 3.8) is 0 Å². The number of amides is 2. The Kier molecular flexibility index (Phi) is 4.82. The van der Waals surface area contributed by atoms with Crippen LogP contribution in [0, 0.1) is 23.0 Å². The molecule has 144 valence electrons. The van der Waals surface area contributed by atoms with E-state index in [9.17, 15) is 18.8 Å². The van der Waals surface area contributed by atoms with Gasteiger partial charge in [-0.3, -0.25) is 5.10 Å². The highest BCUT2D eigenvalue weighted by atomic mass is 19.1. The Balaban J connectivity index is 1.46. The summed E-state index contributed by atoms with van der Waals surface area (Å²) >= 11 is 0. The van der Waals surface area contributed by atoms with E-state index in [4.69, 9.17) is 0 Å². The minimum atomic E-state index is -0.744. The average molecular weight is 383 g/mol. The lowest BCUT2D eigenvalue weighted by Crippen LogP contribution is -2.47. The number of aromatic amines is 1. The Morgan fingerprint density at radius 2 is 1.89 bits per heavy atom. The quantitative estimate of drug-likeness (QED) is 0.768. The van der Waals surface area contributed by atoms with Crippen molar-refractivity contribution in [2.24, 2.45) is 0 Å². The topological polar surface area (TPSA) is 76.0 Å². The summed E-state index contributed by atoms with van der Waals surface area (Å²) in [6.45, 7) is 2.11. The third-order valence-electron chi connectivity index (χ3n) is 5.37. The van der Waals surface area contributed by atoms with E-state index in [0.29, 0.717) is 39.0 Å². The van der Waals surface area contributed by atoms with Gasteiger partial charge in [-0.05, 0) is 30.5 Å². The minimum absolute atomic E-state index is 0.0302. The van der Waals surface area contributed by atoms with Gasteiger partial charge < -0.3 is 9.80 Å². The van der Waals surface area contributed by atoms with Gasteiger partial charge in [0.2, 0.25) is 0 Å². The number of nitrogens with zero attached hydrogens (tertiary/aromatic N) is 4. The van der Waals surface area contributed by atoms with Crippen molar-refractivity contribution in [1.82, 2.24) is 20.0 Å². The number of nitrogens with one attached hydrogen (secondary N) is 1. The first-order valence-corrected chi connectivity index (χ1v) is 9.19. The predicted octanol–water partition coefficient (Wildman–Crippen LogP) is 3.24. The molecule has 0 saturated carbocycles. The van der Waals surface area contributed by atoms with Crippen molar-refractivity contribution < 1.29 is 13.6 Å². The molecule has 0 radical (unpaired) electrons. The summed E-state index contributed by atoms with van der Waals surface area (Å²) in [5.74, 6) is -1.42. The van der Waals surface area contributed by atoms with E-state index in [1.165, 1.54) is 6.07 Å². The van der Waals surface area contributed by atoms with Gasteiger partial charge in [-0.2, -0.15) is 10.4 Å². The predicted molar refractivity (Wildman–Crippen MR) is 97.8 cm³/mol. The van der Waals surface area contributed by atoms with Crippen molar-refractivity contribution >= 4 is 11.6 Å². The van der Waals surface area contributed by atoms with Crippen LogP contribution < -0.4 is 0 Å². The zero-order valence-corrected chi connectivity index (χ0v) is 15.2. The molecular formula is C20H19F2N5O. The van der Waals surface area contributed by atoms with E-state index in [1.54, 1.807) is 16.0 Å². The number of likely N-dealkylation sites (tertiary alicyclic amines) is 1. The van der Waals surface area contributed by atoms with E-state index < -0.39 is 11.6 Å². The molecule has 0 spiro atoms. The smallest absolute Gasteiger partial charge is 0.320 e. The lowest BCUT2D eigenvalue weighted by molar-refractivity contribution is 0.144. The van der Waals surface area contributed by atoms with Gasteiger partial charge in [0.15, 0.2) is 0 Å². The number of urea groups is 1. The van der Waals surface area contributed by atoms with Gasteiger partial charge in [0.05, 0.1) is 24.4 Å². The first kappa shape index (κ1) is 18.2. The highest BCUT2D eigenvalue weighted by Gasteiger charge is 2.28. The SMILES string of the molecule is N#CC(=C1CCN(C(=O)N2CCc3[nH]ncc3C2)CC1)c1ccc(F)cc1F. The summed E-state index contributed by atoms with van der Waals surface area (Å²) in [4.78, 5) is 16.4. The summed E-state index contributed by atoms with van der Waals surface area (Å²) in [6, 6.07) is 5.25. The molecule has 2 aromatic rings. The van der Waals surface area contributed by atoms with E-state index in [0.717, 1.165) is 35.4 Å². The van der Waals surface area contributed by atoms with Gasteiger partial charge in [-0.15, -0.1) is 0 Å². The van der Waals surface area contributed by atoms with Crippen molar-refractivity contribution in [2.75, 3.05) is 19.6 Å². The van der Waals surface area contributed by atoms with Crippen LogP contribution in [0.25, 0.3) is 5.57 Å². The zero-order valence-electron chi connectivity index (χ0n) is 15.2. The number of halogens is 2. The van der Waals surface area contributed by atoms with Crippen LogP contribution in [0.5, 0.6) is 0 Å². The number of benzene rings is 1. The molecule has 2 amide bonds.